The molecule has 8 heteroatoms. The largest absolute Gasteiger partial charge is 0.483 e. The molecular weight excluding hydrogens is 429 g/mol. The van der Waals surface area contributed by atoms with Crippen LogP contribution in [0.1, 0.15) is 33.3 Å². The first-order valence-corrected chi connectivity index (χ1v) is 11.1. The minimum absolute atomic E-state index is 0.0138. The monoisotopic (exact) mass is 455 g/mol. The maximum atomic E-state index is 13.0. The Bertz CT molecular complexity index is 1050. The lowest BCUT2D eigenvalue weighted by molar-refractivity contribution is -0.123. The summed E-state index contributed by atoms with van der Waals surface area (Å²) in [5.41, 5.74) is 1.17. The van der Waals surface area contributed by atoms with Gasteiger partial charge in [0.25, 0.3) is 11.8 Å². The zero-order chi connectivity index (χ0) is 23.3. The molecule has 32 heavy (non-hydrogen) atoms. The van der Waals surface area contributed by atoms with Crippen molar-refractivity contribution >= 4 is 40.5 Å². The summed E-state index contributed by atoms with van der Waals surface area (Å²) in [5.74, 6) is -0.373. The number of amides is 2. The molecule has 1 N–H and O–H groups in total. The number of ether oxygens (including phenoxy) is 1. The minimum Gasteiger partial charge on any atom is -0.483 e. The molecule has 0 radical (unpaired) electrons. The van der Waals surface area contributed by atoms with E-state index in [1.54, 1.807) is 23.1 Å². The van der Waals surface area contributed by atoms with Crippen LogP contribution < -0.4 is 10.1 Å². The van der Waals surface area contributed by atoms with Crippen molar-refractivity contribution < 1.29 is 18.7 Å². The van der Waals surface area contributed by atoms with Crippen LogP contribution in [0.15, 0.2) is 58.4 Å². The van der Waals surface area contributed by atoms with E-state index in [4.69, 9.17) is 4.74 Å². The summed E-state index contributed by atoms with van der Waals surface area (Å²) in [5, 5.41) is 3.34. The molecule has 1 saturated heterocycles. The molecule has 0 aliphatic carbocycles. The number of carbonyl (C=O) groups excluding carboxylic acids is 2. The van der Waals surface area contributed by atoms with Gasteiger partial charge in [0, 0.05) is 23.3 Å². The highest BCUT2D eigenvalue weighted by molar-refractivity contribution is 8.18. The Hall–Kier alpha value is -3.13. The second-order valence-electron chi connectivity index (χ2n) is 7.77. The molecular formula is C24H26FN3O3S. The molecule has 6 nitrogen and oxygen atoms in total. The number of nitrogens with one attached hydrogen (secondary N) is 1. The van der Waals surface area contributed by atoms with Crippen LogP contribution in [0.3, 0.4) is 0 Å². The molecule has 0 spiro atoms. The number of carbonyl (C=O) groups is 2. The predicted octanol–water partition coefficient (Wildman–Crippen LogP) is 4.93. The molecule has 1 fully saturated rings. The molecule has 1 aliphatic rings. The third kappa shape index (κ3) is 5.97. The van der Waals surface area contributed by atoms with Crippen molar-refractivity contribution in [3.8, 4) is 5.75 Å². The van der Waals surface area contributed by atoms with E-state index in [1.807, 2.05) is 39.8 Å². The number of para-hydroxylation sites is 1. The first-order valence-electron chi connectivity index (χ1n) is 10.3. The van der Waals surface area contributed by atoms with Crippen LogP contribution in [0.25, 0.3) is 6.08 Å². The quantitative estimate of drug-likeness (QED) is 0.601. The number of thioether (sulfide) groups is 1. The second kappa shape index (κ2) is 10.5. The summed E-state index contributed by atoms with van der Waals surface area (Å²) in [6.07, 6.45) is 1.76. The Morgan fingerprint density at radius 2 is 1.84 bits per heavy atom. The van der Waals surface area contributed by atoms with Crippen LogP contribution >= 0.6 is 11.8 Å². The molecule has 2 amide bonds. The van der Waals surface area contributed by atoms with Gasteiger partial charge in [0.1, 0.15) is 11.6 Å². The molecule has 2 aromatic carbocycles. The topological polar surface area (TPSA) is 71.0 Å². The minimum atomic E-state index is -0.377. The van der Waals surface area contributed by atoms with Gasteiger partial charge < -0.3 is 10.1 Å². The van der Waals surface area contributed by atoms with Crippen LogP contribution in [0, 0.1) is 5.82 Å². The van der Waals surface area contributed by atoms with E-state index in [0.717, 1.165) is 0 Å². The molecule has 3 rings (SSSR count). The fourth-order valence-electron chi connectivity index (χ4n) is 3.00. The van der Waals surface area contributed by atoms with Gasteiger partial charge >= 0.3 is 0 Å². The first-order chi connectivity index (χ1) is 15.2. The number of benzene rings is 2. The van der Waals surface area contributed by atoms with Crippen molar-refractivity contribution in [3.63, 3.8) is 0 Å². The highest BCUT2D eigenvalue weighted by Crippen LogP contribution is 2.35. The van der Waals surface area contributed by atoms with E-state index >= 15 is 0 Å². The van der Waals surface area contributed by atoms with E-state index in [2.05, 4.69) is 10.3 Å². The van der Waals surface area contributed by atoms with E-state index in [1.165, 1.54) is 36.0 Å². The van der Waals surface area contributed by atoms with Gasteiger partial charge in [-0.3, -0.25) is 19.5 Å². The van der Waals surface area contributed by atoms with Crippen LogP contribution in [0.2, 0.25) is 0 Å². The van der Waals surface area contributed by atoms with Crippen molar-refractivity contribution in [2.45, 2.75) is 39.8 Å². The van der Waals surface area contributed by atoms with Crippen LogP contribution in [0.4, 0.5) is 10.1 Å². The Balaban J connectivity index is 1.74. The fraction of sp³-hybridized carbons (Fsp3) is 0.292. The first kappa shape index (κ1) is 23.5. The lowest BCUT2D eigenvalue weighted by Crippen LogP contribution is -2.35. The van der Waals surface area contributed by atoms with Gasteiger partial charge in [-0.2, -0.15) is 0 Å². The van der Waals surface area contributed by atoms with E-state index in [9.17, 15) is 14.0 Å². The number of hydrogen-bond acceptors (Lipinski definition) is 5. The number of aliphatic imine (C=N–C) groups is 1. The summed E-state index contributed by atoms with van der Waals surface area (Å²) < 4.78 is 18.7. The smallest absolute Gasteiger partial charge is 0.266 e. The number of amidine groups is 1. The van der Waals surface area contributed by atoms with Crippen molar-refractivity contribution in [1.29, 1.82) is 0 Å². The van der Waals surface area contributed by atoms with Gasteiger partial charge in [-0.05, 0) is 75.9 Å². The maximum Gasteiger partial charge on any atom is 0.266 e. The highest BCUT2D eigenvalue weighted by atomic mass is 32.2. The fourth-order valence-corrected chi connectivity index (χ4v) is 4.22. The molecule has 1 heterocycles. The van der Waals surface area contributed by atoms with Crippen molar-refractivity contribution in [1.82, 2.24) is 4.90 Å². The standard InChI is InChI=1S/C24H26FN3O3S/c1-15(2)26-24-28(16(3)4)23(30)21(32-24)13-17-7-5-6-8-20(17)31-14-22(29)27-19-11-9-18(25)10-12-19/h5-13,15-16H,14H2,1-4H3,(H,27,29)/b21-13+,26-24?. The summed E-state index contributed by atoms with van der Waals surface area (Å²) in [7, 11) is 0. The lowest BCUT2D eigenvalue weighted by Gasteiger charge is -2.20. The summed E-state index contributed by atoms with van der Waals surface area (Å²) in [4.78, 5) is 32.0. The zero-order valence-corrected chi connectivity index (χ0v) is 19.3. The average molecular weight is 456 g/mol. The molecule has 1 aliphatic heterocycles. The van der Waals surface area contributed by atoms with Crippen LogP contribution in [-0.4, -0.2) is 40.6 Å². The normalized spacial score (nSPS) is 16.5. The molecule has 0 unspecified atom stereocenters. The van der Waals surface area contributed by atoms with Crippen molar-refractivity contribution in [3.05, 3.63) is 64.8 Å². The summed E-state index contributed by atoms with van der Waals surface area (Å²) >= 11 is 1.34. The molecule has 0 bridgehead atoms. The Morgan fingerprint density at radius 1 is 1.16 bits per heavy atom. The van der Waals surface area contributed by atoms with Gasteiger partial charge in [-0.15, -0.1) is 0 Å². The lowest BCUT2D eigenvalue weighted by atomic mass is 10.2. The number of rotatable bonds is 7. The number of hydrogen-bond donors (Lipinski definition) is 1. The van der Waals surface area contributed by atoms with E-state index in [-0.39, 0.29) is 36.3 Å². The zero-order valence-electron chi connectivity index (χ0n) is 18.5. The summed E-state index contributed by atoms with van der Waals surface area (Å²) in [6, 6.07) is 12.8. The van der Waals surface area contributed by atoms with Crippen LogP contribution in [-0.2, 0) is 9.59 Å². The molecule has 168 valence electrons. The van der Waals surface area contributed by atoms with Crippen LogP contribution in [0.5, 0.6) is 5.75 Å². The van der Waals surface area contributed by atoms with E-state index in [0.29, 0.717) is 27.1 Å². The van der Waals surface area contributed by atoms with Crippen molar-refractivity contribution in [2.24, 2.45) is 4.99 Å². The maximum absolute atomic E-state index is 13.0. The van der Waals surface area contributed by atoms with Crippen molar-refractivity contribution in [2.75, 3.05) is 11.9 Å². The van der Waals surface area contributed by atoms with Gasteiger partial charge in [0.15, 0.2) is 11.8 Å². The van der Waals surface area contributed by atoms with E-state index < -0.39 is 0 Å². The third-order valence-corrected chi connectivity index (χ3v) is 5.41. The molecule has 0 atom stereocenters. The molecule has 0 aromatic heterocycles. The van der Waals surface area contributed by atoms with Gasteiger partial charge in [0.2, 0.25) is 0 Å². The van der Waals surface area contributed by atoms with Gasteiger partial charge in [-0.1, -0.05) is 18.2 Å². The van der Waals surface area contributed by atoms with Gasteiger partial charge in [0.05, 0.1) is 4.91 Å². The third-order valence-electron chi connectivity index (χ3n) is 4.41. The Labute approximate surface area is 191 Å². The average Bonchev–Trinajstić information content (AvgIpc) is 3.03. The highest BCUT2D eigenvalue weighted by Gasteiger charge is 2.35. The van der Waals surface area contributed by atoms with Gasteiger partial charge in [-0.25, -0.2) is 4.39 Å². The number of halogens is 1. The Kier molecular flexibility index (Phi) is 7.69. The number of anilines is 1. The summed E-state index contributed by atoms with van der Waals surface area (Å²) in [6.45, 7) is 7.62. The second-order valence-corrected chi connectivity index (χ2v) is 8.78. The number of nitrogens with zero attached hydrogens (tertiary/aromatic N) is 2. The molecule has 0 saturated carbocycles. The predicted molar refractivity (Wildman–Crippen MR) is 127 cm³/mol. The SMILES string of the molecule is CC(C)N=C1S/C(=C/c2ccccc2OCC(=O)Nc2ccc(F)cc2)C(=O)N1C(C)C. The Morgan fingerprint density at radius 3 is 2.50 bits per heavy atom. The molecule has 2 aromatic rings.